The molecule has 6 heteroatoms. The van der Waals surface area contributed by atoms with E-state index in [1.54, 1.807) is 0 Å². The van der Waals surface area contributed by atoms with E-state index in [1.165, 1.54) is 0 Å². The van der Waals surface area contributed by atoms with Crippen LogP contribution >= 0.6 is 0 Å². The van der Waals surface area contributed by atoms with Gasteiger partial charge >= 0.3 is 0 Å². The Morgan fingerprint density at radius 3 is 2.45 bits per heavy atom. The summed E-state index contributed by atoms with van der Waals surface area (Å²) in [7, 11) is 0. The molecule has 0 saturated carbocycles. The first-order valence-electron chi connectivity index (χ1n) is 10.2. The summed E-state index contributed by atoms with van der Waals surface area (Å²) in [6.45, 7) is 7.13. The third-order valence-corrected chi connectivity index (χ3v) is 4.64. The van der Waals surface area contributed by atoms with Crippen molar-refractivity contribution in [3.8, 4) is 11.5 Å². The number of amides is 1. The van der Waals surface area contributed by atoms with Crippen molar-refractivity contribution < 1.29 is 14.3 Å². The molecule has 0 saturated heterocycles. The molecule has 0 bridgehead atoms. The van der Waals surface area contributed by atoms with Crippen LogP contribution in [0.5, 0.6) is 11.5 Å². The Kier molecular flexibility index (Phi) is 7.11. The van der Waals surface area contributed by atoms with Gasteiger partial charge in [-0.15, -0.1) is 0 Å². The molecule has 0 radical (unpaired) electrons. The topological polar surface area (TPSA) is 76.2 Å². The van der Waals surface area contributed by atoms with Gasteiger partial charge < -0.3 is 19.8 Å². The van der Waals surface area contributed by atoms with Crippen LogP contribution in [0.3, 0.4) is 0 Å². The maximum Gasteiger partial charge on any atom is 0.220 e. The quantitative estimate of drug-likeness (QED) is 0.491. The van der Waals surface area contributed by atoms with Gasteiger partial charge in [0.25, 0.3) is 0 Å². The zero-order valence-corrected chi connectivity index (χ0v) is 17.3. The van der Waals surface area contributed by atoms with Crippen LogP contribution in [0.1, 0.15) is 45.5 Å². The zero-order valence-electron chi connectivity index (χ0n) is 17.3. The summed E-state index contributed by atoms with van der Waals surface area (Å²) >= 11 is 0. The molecule has 1 aromatic heterocycles. The Balaban J connectivity index is 1.52. The minimum atomic E-state index is -0.158. The molecule has 2 aromatic carbocycles. The lowest BCUT2D eigenvalue weighted by molar-refractivity contribution is -0.122. The Morgan fingerprint density at radius 2 is 1.76 bits per heavy atom. The van der Waals surface area contributed by atoms with E-state index in [4.69, 9.17) is 9.47 Å². The van der Waals surface area contributed by atoms with Crippen molar-refractivity contribution in [2.45, 2.75) is 39.7 Å². The number of benzene rings is 2. The van der Waals surface area contributed by atoms with Gasteiger partial charge in [-0.05, 0) is 43.5 Å². The maximum absolute atomic E-state index is 12.5. The molecule has 2 N–H and O–H groups in total. The lowest BCUT2D eigenvalue weighted by Gasteiger charge is -2.20. The first-order chi connectivity index (χ1) is 14.1. The second-order valence-corrected chi connectivity index (χ2v) is 7.26. The van der Waals surface area contributed by atoms with Crippen LogP contribution in [0.15, 0.2) is 48.5 Å². The van der Waals surface area contributed by atoms with E-state index in [0.29, 0.717) is 31.8 Å². The van der Waals surface area contributed by atoms with Crippen molar-refractivity contribution in [2.24, 2.45) is 5.92 Å². The number of imidazole rings is 1. The number of rotatable bonds is 10. The van der Waals surface area contributed by atoms with Crippen molar-refractivity contribution in [1.29, 1.82) is 0 Å². The van der Waals surface area contributed by atoms with Gasteiger partial charge in [-0.25, -0.2) is 4.98 Å². The first-order valence-corrected chi connectivity index (χ1v) is 10.2. The standard InChI is InChI=1S/C23H29N3O3/c1-4-28-19-12-7-8-13-20(19)29-15-9-14-21(27)26-22(16(2)3)23-24-17-10-5-6-11-18(17)25-23/h5-8,10-13,16,22H,4,9,14-15H2,1-3H3,(H,24,25)(H,26,27)/t22-/m0/s1. The Morgan fingerprint density at radius 1 is 1.07 bits per heavy atom. The van der Waals surface area contributed by atoms with Crippen LogP contribution in [-0.2, 0) is 4.79 Å². The second kappa shape index (κ2) is 9.96. The van der Waals surface area contributed by atoms with Crippen molar-refractivity contribution >= 4 is 16.9 Å². The summed E-state index contributed by atoms with van der Waals surface area (Å²) in [5, 5.41) is 3.11. The molecule has 1 atom stereocenters. The molecule has 0 fully saturated rings. The summed E-state index contributed by atoms with van der Waals surface area (Å²) < 4.78 is 11.3. The van der Waals surface area contributed by atoms with Crippen LogP contribution in [0.4, 0.5) is 0 Å². The maximum atomic E-state index is 12.5. The average molecular weight is 396 g/mol. The summed E-state index contributed by atoms with van der Waals surface area (Å²) in [4.78, 5) is 20.5. The van der Waals surface area contributed by atoms with E-state index in [-0.39, 0.29) is 17.9 Å². The van der Waals surface area contributed by atoms with Crippen LogP contribution in [-0.4, -0.2) is 29.1 Å². The number of hydrogen-bond donors (Lipinski definition) is 2. The van der Waals surface area contributed by atoms with Gasteiger partial charge in [-0.1, -0.05) is 38.1 Å². The number of nitrogens with one attached hydrogen (secondary N) is 2. The number of aromatic nitrogens is 2. The number of para-hydroxylation sites is 4. The number of fused-ring (bicyclic) bond motifs is 1. The van der Waals surface area contributed by atoms with Crippen LogP contribution in [0.2, 0.25) is 0 Å². The van der Waals surface area contributed by atoms with Crippen LogP contribution < -0.4 is 14.8 Å². The van der Waals surface area contributed by atoms with Gasteiger partial charge in [0.1, 0.15) is 5.82 Å². The van der Waals surface area contributed by atoms with E-state index < -0.39 is 0 Å². The fraction of sp³-hybridized carbons (Fsp3) is 0.391. The monoisotopic (exact) mass is 395 g/mol. The third-order valence-electron chi connectivity index (χ3n) is 4.64. The minimum Gasteiger partial charge on any atom is -0.490 e. The molecule has 1 heterocycles. The first kappa shape index (κ1) is 20.7. The summed E-state index contributed by atoms with van der Waals surface area (Å²) in [6, 6.07) is 15.3. The zero-order chi connectivity index (χ0) is 20.6. The molecule has 0 aliphatic rings. The van der Waals surface area contributed by atoms with Crippen molar-refractivity contribution in [3.05, 3.63) is 54.4 Å². The normalized spacial score (nSPS) is 12.1. The van der Waals surface area contributed by atoms with Gasteiger partial charge in [-0.2, -0.15) is 0 Å². The molecule has 29 heavy (non-hydrogen) atoms. The van der Waals surface area contributed by atoms with Gasteiger partial charge in [-0.3, -0.25) is 4.79 Å². The number of carbonyl (C=O) groups is 1. The highest BCUT2D eigenvalue weighted by molar-refractivity contribution is 5.77. The molecule has 1 amide bonds. The Hall–Kier alpha value is -3.02. The van der Waals surface area contributed by atoms with E-state index in [2.05, 4.69) is 29.1 Å². The number of ether oxygens (including phenoxy) is 2. The van der Waals surface area contributed by atoms with Gasteiger partial charge in [0.2, 0.25) is 5.91 Å². The predicted molar refractivity (Wildman–Crippen MR) is 114 cm³/mol. The van der Waals surface area contributed by atoms with Crippen molar-refractivity contribution in [2.75, 3.05) is 13.2 Å². The Labute approximate surface area is 171 Å². The van der Waals surface area contributed by atoms with Gasteiger partial charge in [0.15, 0.2) is 11.5 Å². The average Bonchev–Trinajstić information content (AvgIpc) is 3.14. The number of nitrogens with zero attached hydrogens (tertiary/aromatic N) is 1. The minimum absolute atomic E-state index is 0.00847. The van der Waals surface area contributed by atoms with Crippen molar-refractivity contribution in [3.63, 3.8) is 0 Å². The fourth-order valence-corrected chi connectivity index (χ4v) is 3.18. The Bertz CT molecular complexity index is 903. The molecule has 6 nitrogen and oxygen atoms in total. The van der Waals surface area contributed by atoms with Crippen LogP contribution in [0.25, 0.3) is 11.0 Å². The fourth-order valence-electron chi connectivity index (χ4n) is 3.18. The van der Waals surface area contributed by atoms with Crippen molar-refractivity contribution in [1.82, 2.24) is 15.3 Å². The molecule has 0 unspecified atom stereocenters. The molecule has 3 rings (SSSR count). The highest BCUT2D eigenvalue weighted by atomic mass is 16.5. The van der Waals surface area contributed by atoms with E-state index >= 15 is 0 Å². The molecule has 154 valence electrons. The van der Waals surface area contributed by atoms with Gasteiger partial charge in [0.05, 0.1) is 30.3 Å². The second-order valence-electron chi connectivity index (χ2n) is 7.26. The number of hydrogen-bond acceptors (Lipinski definition) is 4. The largest absolute Gasteiger partial charge is 0.490 e. The summed E-state index contributed by atoms with van der Waals surface area (Å²) in [6.07, 6.45) is 1.01. The smallest absolute Gasteiger partial charge is 0.220 e. The van der Waals surface area contributed by atoms with E-state index in [1.807, 2.05) is 55.5 Å². The highest BCUT2D eigenvalue weighted by Gasteiger charge is 2.21. The number of H-pyrrole nitrogens is 1. The summed E-state index contributed by atoms with van der Waals surface area (Å²) in [5.41, 5.74) is 1.88. The van der Waals surface area contributed by atoms with E-state index in [0.717, 1.165) is 22.6 Å². The molecular weight excluding hydrogens is 366 g/mol. The third kappa shape index (κ3) is 5.50. The SMILES string of the molecule is CCOc1ccccc1OCCCC(=O)N[C@H](c1nc2ccccc2[nH]1)C(C)C. The van der Waals surface area contributed by atoms with Gasteiger partial charge in [0, 0.05) is 6.42 Å². The predicted octanol–water partition coefficient (Wildman–Crippen LogP) is 4.63. The summed E-state index contributed by atoms with van der Waals surface area (Å²) in [5.74, 6) is 2.43. The molecule has 3 aromatic rings. The molecule has 0 aliphatic heterocycles. The molecule has 0 aliphatic carbocycles. The number of aromatic amines is 1. The molecule has 0 spiro atoms. The molecular formula is C23H29N3O3. The van der Waals surface area contributed by atoms with E-state index in [9.17, 15) is 4.79 Å². The van der Waals surface area contributed by atoms with Crippen LogP contribution in [0, 0.1) is 5.92 Å². The lowest BCUT2D eigenvalue weighted by atomic mass is 10.0. The highest BCUT2D eigenvalue weighted by Crippen LogP contribution is 2.26. The number of carbonyl (C=O) groups excluding carboxylic acids is 1. The lowest BCUT2D eigenvalue weighted by Crippen LogP contribution is -2.32.